The third-order valence-electron chi connectivity index (χ3n) is 3.98. The Bertz CT molecular complexity index is 898. The van der Waals surface area contributed by atoms with Crippen molar-refractivity contribution in [2.45, 2.75) is 30.3 Å². The molecule has 3 rings (SSSR count). The zero-order valence-corrected chi connectivity index (χ0v) is 15.1. The number of carbonyl (C=O) groups is 1. The van der Waals surface area contributed by atoms with E-state index in [1.54, 1.807) is 25.1 Å². The highest BCUT2D eigenvalue weighted by atomic mass is 32.2. The molecule has 5 nitrogen and oxygen atoms in total. The second kappa shape index (κ2) is 8.14. The molecule has 0 aliphatic heterocycles. The molecule has 0 spiro atoms. The molecule has 26 heavy (non-hydrogen) atoms. The van der Waals surface area contributed by atoms with Crippen LogP contribution >= 0.6 is 11.8 Å². The maximum Gasteiger partial charge on any atom is 0.230 e. The fraction of sp³-hybridized carbons (Fsp3) is 0.211. The number of nitrogens with zero attached hydrogens (tertiary/aromatic N) is 3. The van der Waals surface area contributed by atoms with Crippen molar-refractivity contribution in [3.05, 3.63) is 66.0 Å². The number of aromatic nitrogens is 3. The van der Waals surface area contributed by atoms with Crippen molar-refractivity contribution in [3.8, 4) is 11.4 Å². The van der Waals surface area contributed by atoms with Crippen LogP contribution in [0.25, 0.3) is 11.4 Å². The number of nitrogens with two attached hydrogens (primary N) is 1. The minimum Gasteiger partial charge on any atom is -0.369 e. The van der Waals surface area contributed by atoms with Gasteiger partial charge in [0.1, 0.15) is 5.82 Å². The molecule has 3 aromatic rings. The van der Waals surface area contributed by atoms with Gasteiger partial charge in [-0.1, -0.05) is 54.2 Å². The van der Waals surface area contributed by atoms with Crippen molar-refractivity contribution in [3.63, 3.8) is 0 Å². The van der Waals surface area contributed by atoms with Crippen molar-refractivity contribution >= 4 is 17.7 Å². The topological polar surface area (TPSA) is 73.8 Å². The summed E-state index contributed by atoms with van der Waals surface area (Å²) in [6, 6.07) is 16.4. The number of hydrogen-bond donors (Lipinski definition) is 1. The van der Waals surface area contributed by atoms with Crippen molar-refractivity contribution in [1.82, 2.24) is 14.8 Å². The summed E-state index contributed by atoms with van der Waals surface area (Å²) < 4.78 is 16.1. The third kappa shape index (κ3) is 4.11. The first-order valence-electron chi connectivity index (χ1n) is 8.24. The van der Waals surface area contributed by atoms with Gasteiger partial charge in [-0.2, -0.15) is 0 Å². The monoisotopic (exact) mass is 370 g/mol. The SMILES string of the molecule is CC(Sc1nnc(-c2ccccc2F)n1CCc1ccccc1)C(N)=O. The summed E-state index contributed by atoms with van der Waals surface area (Å²) in [6.45, 7) is 2.28. The van der Waals surface area contributed by atoms with Gasteiger partial charge in [-0.25, -0.2) is 4.39 Å². The minimum absolute atomic E-state index is 0.361. The predicted octanol–water partition coefficient (Wildman–Crippen LogP) is 3.29. The van der Waals surface area contributed by atoms with Gasteiger partial charge in [-0.3, -0.25) is 4.79 Å². The van der Waals surface area contributed by atoms with E-state index < -0.39 is 11.2 Å². The molecule has 0 radical (unpaired) electrons. The normalized spacial score (nSPS) is 12.1. The van der Waals surface area contributed by atoms with Crippen molar-refractivity contribution in [2.24, 2.45) is 5.73 Å². The number of thioether (sulfide) groups is 1. The lowest BCUT2D eigenvalue weighted by Gasteiger charge is -2.12. The smallest absolute Gasteiger partial charge is 0.230 e. The van der Waals surface area contributed by atoms with Crippen LogP contribution in [0.4, 0.5) is 4.39 Å². The maximum absolute atomic E-state index is 14.3. The molecular formula is C19H19FN4OS. The molecule has 1 unspecified atom stereocenters. The van der Waals surface area contributed by atoms with Crippen molar-refractivity contribution in [2.75, 3.05) is 0 Å². The largest absolute Gasteiger partial charge is 0.369 e. The molecule has 7 heteroatoms. The van der Waals surface area contributed by atoms with Crippen molar-refractivity contribution < 1.29 is 9.18 Å². The summed E-state index contributed by atoms with van der Waals surface area (Å²) in [4.78, 5) is 11.4. The Morgan fingerprint density at radius 2 is 1.85 bits per heavy atom. The molecule has 0 aliphatic rings. The lowest BCUT2D eigenvalue weighted by Crippen LogP contribution is -2.23. The molecular weight excluding hydrogens is 351 g/mol. The number of rotatable bonds is 7. The Balaban J connectivity index is 1.95. The highest BCUT2D eigenvalue weighted by Crippen LogP contribution is 2.28. The second-order valence-electron chi connectivity index (χ2n) is 5.84. The van der Waals surface area contributed by atoms with Gasteiger partial charge in [0.05, 0.1) is 10.8 Å². The summed E-state index contributed by atoms with van der Waals surface area (Å²) in [6.07, 6.45) is 0.735. The molecule has 134 valence electrons. The van der Waals surface area contributed by atoms with E-state index in [-0.39, 0.29) is 5.82 Å². The Morgan fingerprint density at radius 3 is 2.54 bits per heavy atom. The molecule has 0 saturated carbocycles. The molecule has 0 saturated heterocycles. The number of amides is 1. The first-order valence-corrected chi connectivity index (χ1v) is 9.12. The molecule has 0 aliphatic carbocycles. The summed E-state index contributed by atoms with van der Waals surface area (Å²) in [7, 11) is 0. The van der Waals surface area contributed by atoms with Crippen LogP contribution in [-0.4, -0.2) is 25.9 Å². The summed E-state index contributed by atoms with van der Waals surface area (Å²) in [5, 5.41) is 8.43. The molecule has 2 aromatic carbocycles. The van der Waals surface area contributed by atoms with E-state index in [0.29, 0.717) is 23.1 Å². The first kappa shape index (κ1) is 18.1. The quantitative estimate of drug-likeness (QED) is 0.648. The average molecular weight is 370 g/mol. The predicted molar refractivity (Wildman–Crippen MR) is 100 cm³/mol. The molecule has 2 N–H and O–H groups in total. The van der Waals surface area contributed by atoms with Crippen molar-refractivity contribution in [1.29, 1.82) is 0 Å². The number of benzene rings is 2. The van der Waals surface area contributed by atoms with Crippen LogP contribution in [0.3, 0.4) is 0 Å². The van der Waals surface area contributed by atoms with Gasteiger partial charge in [0.25, 0.3) is 0 Å². The number of aryl methyl sites for hydroxylation is 1. The zero-order valence-electron chi connectivity index (χ0n) is 14.3. The summed E-state index contributed by atoms with van der Waals surface area (Å²) in [5.41, 5.74) is 6.90. The van der Waals surface area contributed by atoms with Crippen LogP contribution in [0.1, 0.15) is 12.5 Å². The number of primary amides is 1. The molecule has 0 bridgehead atoms. The zero-order chi connectivity index (χ0) is 18.5. The second-order valence-corrected chi connectivity index (χ2v) is 7.14. The van der Waals surface area contributed by atoms with Crippen LogP contribution in [0.15, 0.2) is 59.8 Å². The van der Waals surface area contributed by atoms with Gasteiger partial charge >= 0.3 is 0 Å². The average Bonchev–Trinajstić information content (AvgIpc) is 3.03. The first-order chi connectivity index (χ1) is 12.6. The summed E-state index contributed by atoms with van der Waals surface area (Å²) in [5.74, 6) is -0.349. The molecule has 1 amide bonds. The lowest BCUT2D eigenvalue weighted by molar-refractivity contribution is -0.117. The Labute approximate surface area is 155 Å². The number of carbonyl (C=O) groups excluding carboxylic acids is 1. The van der Waals surface area contributed by atoms with E-state index in [9.17, 15) is 9.18 Å². The van der Waals surface area contributed by atoms with E-state index in [4.69, 9.17) is 5.73 Å². The van der Waals surface area contributed by atoms with Gasteiger partial charge in [0.2, 0.25) is 5.91 Å². The van der Waals surface area contributed by atoms with Gasteiger partial charge in [0.15, 0.2) is 11.0 Å². The highest BCUT2D eigenvalue weighted by Gasteiger charge is 2.20. The summed E-state index contributed by atoms with van der Waals surface area (Å²) >= 11 is 1.23. The lowest BCUT2D eigenvalue weighted by atomic mass is 10.1. The molecule has 1 aromatic heterocycles. The van der Waals surface area contributed by atoms with Crippen LogP contribution in [0.5, 0.6) is 0 Å². The molecule has 0 fully saturated rings. The van der Waals surface area contributed by atoms with Gasteiger partial charge in [0, 0.05) is 6.54 Å². The van der Waals surface area contributed by atoms with Gasteiger partial charge < -0.3 is 10.3 Å². The van der Waals surface area contributed by atoms with Gasteiger partial charge in [-0.15, -0.1) is 10.2 Å². The van der Waals surface area contributed by atoms with Crippen LogP contribution in [-0.2, 0) is 17.8 Å². The Morgan fingerprint density at radius 1 is 1.15 bits per heavy atom. The fourth-order valence-corrected chi connectivity index (χ4v) is 3.35. The fourth-order valence-electron chi connectivity index (χ4n) is 2.52. The number of halogens is 1. The van der Waals surface area contributed by atoms with E-state index >= 15 is 0 Å². The third-order valence-corrected chi connectivity index (χ3v) is 5.08. The van der Waals surface area contributed by atoms with E-state index in [0.717, 1.165) is 12.0 Å². The standard InChI is InChI=1S/C19H19FN4OS/c1-13(17(21)25)26-19-23-22-18(15-9-5-6-10-16(15)20)24(19)12-11-14-7-3-2-4-8-14/h2-10,13H,11-12H2,1H3,(H2,21,25). The Kier molecular flexibility index (Phi) is 5.68. The Hall–Kier alpha value is -2.67. The van der Waals surface area contributed by atoms with Gasteiger partial charge in [-0.05, 0) is 31.0 Å². The molecule has 1 atom stereocenters. The van der Waals surface area contributed by atoms with Crippen LogP contribution in [0, 0.1) is 5.82 Å². The van der Waals surface area contributed by atoms with Crippen LogP contribution < -0.4 is 5.73 Å². The van der Waals surface area contributed by atoms with E-state index in [2.05, 4.69) is 10.2 Å². The minimum atomic E-state index is -0.455. The number of hydrogen-bond acceptors (Lipinski definition) is 4. The van der Waals surface area contributed by atoms with Crippen LogP contribution in [0.2, 0.25) is 0 Å². The highest BCUT2D eigenvalue weighted by molar-refractivity contribution is 8.00. The van der Waals surface area contributed by atoms with E-state index in [1.807, 2.05) is 34.9 Å². The van der Waals surface area contributed by atoms with E-state index in [1.165, 1.54) is 17.8 Å². The molecule has 1 heterocycles. The maximum atomic E-state index is 14.3.